The predicted molar refractivity (Wildman–Crippen MR) is 118 cm³/mol. The zero-order chi connectivity index (χ0) is 23.1. The summed E-state index contributed by atoms with van der Waals surface area (Å²) in [4.78, 5) is 38.5. The van der Waals surface area contributed by atoms with Gasteiger partial charge in [0, 0.05) is 12.5 Å². The molecule has 1 aromatic rings. The number of benzene rings is 1. The molecule has 0 saturated carbocycles. The van der Waals surface area contributed by atoms with Gasteiger partial charge in [0.25, 0.3) is 0 Å². The van der Waals surface area contributed by atoms with E-state index in [9.17, 15) is 14.4 Å². The lowest BCUT2D eigenvalue weighted by Crippen LogP contribution is -2.58. The van der Waals surface area contributed by atoms with Gasteiger partial charge in [-0.05, 0) is 58.1 Å². The van der Waals surface area contributed by atoms with Crippen LogP contribution >= 0.6 is 0 Å². The summed E-state index contributed by atoms with van der Waals surface area (Å²) < 4.78 is 10.9. The third kappa shape index (κ3) is 7.65. The van der Waals surface area contributed by atoms with E-state index >= 15 is 0 Å². The normalized spacial score (nSPS) is 19.7. The van der Waals surface area contributed by atoms with Crippen LogP contribution in [0.2, 0.25) is 0 Å². The van der Waals surface area contributed by atoms with Crippen molar-refractivity contribution in [1.29, 1.82) is 0 Å². The molecular formula is C24H36N2O5. The van der Waals surface area contributed by atoms with Crippen LogP contribution < -0.4 is 10.6 Å². The van der Waals surface area contributed by atoms with Gasteiger partial charge in [-0.3, -0.25) is 10.1 Å². The maximum atomic E-state index is 13.3. The van der Waals surface area contributed by atoms with Crippen molar-refractivity contribution in [3.63, 3.8) is 0 Å². The van der Waals surface area contributed by atoms with Crippen molar-refractivity contribution in [2.45, 2.75) is 84.1 Å². The van der Waals surface area contributed by atoms with E-state index in [1.165, 1.54) is 0 Å². The van der Waals surface area contributed by atoms with Gasteiger partial charge in [-0.25, -0.2) is 9.59 Å². The molecule has 1 aromatic carbocycles. The Morgan fingerprint density at radius 2 is 1.84 bits per heavy atom. The van der Waals surface area contributed by atoms with E-state index < -0.39 is 29.2 Å². The Hall–Kier alpha value is -2.41. The van der Waals surface area contributed by atoms with E-state index in [1.807, 2.05) is 44.2 Å². The molecule has 172 valence electrons. The Kier molecular flexibility index (Phi) is 8.62. The van der Waals surface area contributed by atoms with Gasteiger partial charge in [0.1, 0.15) is 12.2 Å². The van der Waals surface area contributed by atoms with E-state index in [1.54, 1.807) is 20.8 Å². The first-order valence-electron chi connectivity index (χ1n) is 11.0. The third-order valence-corrected chi connectivity index (χ3v) is 5.10. The molecule has 1 aliphatic heterocycles. The summed E-state index contributed by atoms with van der Waals surface area (Å²) in [5.41, 5.74) is -1.16. The summed E-state index contributed by atoms with van der Waals surface area (Å²) in [5, 5.41) is 5.90. The molecule has 31 heavy (non-hydrogen) atoms. The number of hydrogen-bond donors (Lipinski definition) is 2. The number of carbonyl (C=O) groups excluding carboxylic acids is 3. The van der Waals surface area contributed by atoms with E-state index in [0.717, 1.165) is 5.56 Å². The molecule has 0 radical (unpaired) electrons. The smallest absolute Gasteiger partial charge is 0.407 e. The van der Waals surface area contributed by atoms with Crippen LogP contribution in [0.25, 0.3) is 0 Å². The molecule has 0 spiro atoms. The number of carbonyl (C=O) groups is 3. The second kappa shape index (κ2) is 10.8. The third-order valence-electron chi connectivity index (χ3n) is 5.10. The van der Waals surface area contributed by atoms with Crippen molar-refractivity contribution in [3.8, 4) is 0 Å². The number of Topliss-reactive ketones (excluding diaryl/α,β-unsaturated/α-hetero) is 1. The lowest BCUT2D eigenvalue weighted by Gasteiger charge is -2.31. The average molecular weight is 433 g/mol. The highest BCUT2D eigenvalue weighted by Crippen LogP contribution is 2.27. The van der Waals surface area contributed by atoms with Gasteiger partial charge in [-0.2, -0.15) is 0 Å². The summed E-state index contributed by atoms with van der Waals surface area (Å²) in [7, 11) is 0. The van der Waals surface area contributed by atoms with E-state index in [0.29, 0.717) is 25.8 Å². The van der Waals surface area contributed by atoms with Gasteiger partial charge >= 0.3 is 12.1 Å². The second-order valence-electron chi connectivity index (χ2n) is 9.60. The summed E-state index contributed by atoms with van der Waals surface area (Å²) in [6, 6.07) is 8.96. The largest absolute Gasteiger partial charge is 0.458 e. The highest BCUT2D eigenvalue weighted by atomic mass is 16.6. The Morgan fingerprint density at radius 1 is 1.16 bits per heavy atom. The van der Waals surface area contributed by atoms with Crippen molar-refractivity contribution in [1.82, 2.24) is 10.6 Å². The molecule has 1 aliphatic rings. The molecule has 0 aromatic heterocycles. The Bertz CT molecular complexity index is 749. The molecule has 1 saturated heterocycles. The number of rotatable bonds is 9. The molecule has 2 atom stereocenters. The van der Waals surface area contributed by atoms with Gasteiger partial charge in [-0.15, -0.1) is 0 Å². The van der Waals surface area contributed by atoms with Crippen molar-refractivity contribution >= 4 is 17.8 Å². The number of nitrogens with one attached hydrogen (secondary N) is 2. The van der Waals surface area contributed by atoms with Gasteiger partial charge < -0.3 is 14.8 Å². The molecule has 0 bridgehead atoms. The lowest BCUT2D eigenvalue weighted by molar-refractivity contribution is -0.165. The van der Waals surface area contributed by atoms with Crippen molar-refractivity contribution in [2.75, 3.05) is 6.54 Å². The minimum absolute atomic E-state index is 0.0326. The van der Waals surface area contributed by atoms with Crippen LogP contribution in [0.15, 0.2) is 30.3 Å². The molecular weight excluding hydrogens is 396 g/mol. The fraction of sp³-hybridized carbons (Fsp3) is 0.625. The number of ketones is 1. The molecule has 2 rings (SSSR count). The fourth-order valence-electron chi connectivity index (χ4n) is 3.73. The van der Waals surface area contributed by atoms with Gasteiger partial charge in [-0.1, -0.05) is 44.2 Å². The van der Waals surface area contributed by atoms with Crippen LogP contribution in [-0.2, 0) is 25.7 Å². The number of esters is 1. The molecule has 1 heterocycles. The first-order chi connectivity index (χ1) is 14.5. The molecule has 1 unspecified atom stereocenters. The zero-order valence-electron chi connectivity index (χ0n) is 19.3. The van der Waals surface area contributed by atoms with Gasteiger partial charge in [0.15, 0.2) is 11.3 Å². The molecule has 1 fully saturated rings. The zero-order valence-corrected chi connectivity index (χ0v) is 19.3. The van der Waals surface area contributed by atoms with Crippen LogP contribution in [0.3, 0.4) is 0 Å². The standard InChI is InChI=1S/C24H36N2O5/c1-17(2)14-19(26-22(29)30-16-18-10-7-6-8-11-18)15-20(27)24(12-9-13-25-24)21(28)31-23(3,4)5/h6-8,10-11,17,19,25H,9,12-16H2,1-5H3,(H,26,29)/t19?,24-/m1/s1. The topological polar surface area (TPSA) is 93.7 Å². The van der Waals surface area contributed by atoms with Crippen LogP contribution in [0, 0.1) is 5.92 Å². The quantitative estimate of drug-likeness (QED) is 0.456. The van der Waals surface area contributed by atoms with Crippen molar-refractivity contribution in [3.05, 3.63) is 35.9 Å². The molecule has 2 N–H and O–H groups in total. The van der Waals surface area contributed by atoms with Crippen LogP contribution in [0.5, 0.6) is 0 Å². The van der Waals surface area contributed by atoms with Crippen molar-refractivity contribution in [2.24, 2.45) is 5.92 Å². The molecule has 1 amide bonds. The average Bonchev–Trinajstić information content (AvgIpc) is 3.17. The van der Waals surface area contributed by atoms with Crippen LogP contribution in [0.4, 0.5) is 4.79 Å². The summed E-state index contributed by atoms with van der Waals surface area (Å²) in [5.74, 6) is -0.549. The first kappa shape index (κ1) is 24.9. The monoisotopic (exact) mass is 432 g/mol. The summed E-state index contributed by atoms with van der Waals surface area (Å²) in [6.45, 7) is 10.1. The Morgan fingerprint density at radius 3 is 2.39 bits per heavy atom. The minimum atomic E-state index is -1.35. The maximum absolute atomic E-state index is 13.3. The number of amides is 1. The predicted octanol–water partition coefficient (Wildman–Crippen LogP) is 3.75. The van der Waals surface area contributed by atoms with Gasteiger partial charge in [0.05, 0.1) is 0 Å². The highest BCUT2D eigenvalue weighted by molar-refractivity contribution is 6.09. The minimum Gasteiger partial charge on any atom is -0.458 e. The first-order valence-corrected chi connectivity index (χ1v) is 11.0. The molecule has 7 heteroatoms. The van der Waals surface area contributed by atoms with Crippen LogP contribution in [0.1, 0.15) is 65.9 Å². The van der Waals surface area contributed by atoms with Crippen molar-refractivity contribution < 1.29 is 23.9 Å². The molecule has 7 nitrogen and oxygen atoms in total. The fourth-order valence-corrected chi connectivity index (χ4v) is 3.73. The SMILES string of the molecule is CC(C)CC(CC(=O)[C@@]1(C(=O)OC(C)(C)C)CCCN1)NC(=O)OCc1ccccc1. The number of ether oxygens (including phenoxy) is 2. The maximum Gasteiger partial charge on any atom is 0.407 e. The molecule has 0 aliphatic carbocycles. The summed E-state index contributed by atoms with van der Waals surface area (Å²) in [6.07, 6.45) is 1.16. The summed E-state index contributed by atoms with van der Waals surface area (Å²) >= 11 is 0. The number of hydrogen-bond acceptors (Lipinski definition) is 6. The lowest BCUT2D eigenvalue weighted by atomic mass is 9.86. The Labute approximate surface area is 185 Å². The second-order valence-corrected chi connectivity index (χ2v) is 9.60. The number of alkyl carbamates (subject to hydrolysis) is 1. The van der Waals surface area contributed by atoms with Gasteiger partial charge in [0.2, 0.25) is 0 Å². The van der Waals surface area contributed by atoms with E-state index in [-0.39, 0.29) is 24.7 Å². The highest BCUT2D eigenvalue weighted by Gasteiger charge is 2.50. The van der Waals surface area contributed by atoms with Crippen LogP contribution in [-0.4, -0.2) is 41.6 Å². The van der Waals surface area contributed by atoms with E-state index in [2.05, 4.69) is 10.6 Å². The van der Waals surface area contributed by atoms with E-state index in [4.69, 9.17) is 9.47 Å². The Balaban J connectivity index is 2.04.